The minimum atomic E-state index is -0.359. The highest BCUT2D eigenvalue weighted by Crippen LogP contribution is 2.15. The summed E-state index contributed by atoms with van der Waals surface area (Å²) in [5.74, 6) is -0.184. The summed E-state index contributed by atoms with van der Waals surface area (Å²) in [6, 6.07) is 6.31. The Kier molecular flexibility index (Phi) is 5.11. The molecule has 1 N–H and O–H groups in total. The molecule has 132 valence electrons. The summed E-state index contributed by atoms with van der Waals surface area (Å²) in [5, 5.41) is 6.54. The third kappa shape index (κ3) is 4.04. The van der Waals surface area contributed by atoms with E-state index in [1.165, 1.54) is 12.3 Å². The van der Waals surface area contributed by atoms with Crippen LogP contribution in [-0.4, -0.2) is 41.0 Å². The second-order valence-corrected chi connectivity index (χ2v) is 6.19. The number of nitrogens with one attached hydrogen (secondary N) is 1. The fourth-order valence-corrected chi connectivity index (χ4v) is 2.97. The predicted octanol–water partition coefficient (Wildman–Crippen LogP) is 2.09. The lowest BCUT2D eigenvalue weighted by molar-refractivity contribution is -0.131. The molecular weight excluding hydrogens is 325 g/mol. The zero-order chi connectivity index (χ0) is 17.8. The van der Waals surface area contributed by atoms with Crippen LogP contribution in [0.5, 0.6) is 0 Å². The van der Waals surface area contributed by atoms with E-state index in [9.17, 15) is 14.0 Å². The van der Waals surface area contributed by atoms with Gasteiger partial charge in [0.25, 0.3) is 5.91 Å². The number of aryl methyl sites for hydroxylation is 1. The van der Waals surface area contributed by atoms with E-state index in [2.05, 4.69) is 10.5 Å². The van der Waals surface area contributed by atoms with Gasteiger partial charge in [0.15, 0.2) is 0 Å². The highest BCUT2D eigenvalue weighted by atomic mass is 19.1. The van der Waals surface area contributed by atoms with E-state index >= 15 is 0 Å². The summed E-state index contributed by atoms with van der Waals surface area (Å²) in [5.41, 5.74) is 0.837. The maximum Gasteiger partial charge on any atom is 0.256 e. The predicted molar refractivity (Wildman–Crippen MR) is 88.4 cm³/mol. The molecule has 0 bridgehead atoms. The number of aromatic nitrogens is 1. The van der Waals surface area contributed by atoms with E-state index in [1.807, 2.05) is 0 Å². The molecule has 7 heteroatoms. The fourth-order valence-electron chi connectivity index (χ4n) is 2.97. The van der Waals surface area contributed by atoms with Crippen LogP contribution in [0.4, 0.5) is 4.39 Å². The highest BCUT2D eigenvalue weighted by Gasteiger charge is 2.25. The molecule has 1 aliphatic rings. The Morgan fingerprint density at radius 1 is 1.32 bits per heavy atom. The number of carbonyl (C=O) groups is 2. The van der Waals surface area contributed by atoms with Crippen LogP contribution in [0.25, 0.3) is 0 Å². The van der Waals surface area contributed by atoms with Gasteiger partial charge in [0.2, 0.25) is 5.91 Å². The van der Waals surface area contributed by atoms with Gasteiger partial charge in [-0.15, -0.1) is 0 Å². The number of likely N-dealkylation sites (tertiary alicyclic amines) is 1. The van der Waals surface area contributed by atoms with E-state index in [1.54, 1.807) is 30.0 Å². The van der Waals surface area contributed by atoms with Gasteiger partial charge in [0.05, 0.1) is 12.6 Å². The van der Waals surface area contributed by atoms with Gasteiger partial charge < -0.3 is 14.7 Å². The van der Waals surface area contributed by atoms with Crippen molar-refractivity contribution in [1.82, 2.24) is 15.4 Å². The van der Waals surface area contributed by atoms with Crippen molar-refractivity contribution in [2.24, 2.45) is 0 Å². The van der Waals surface area contributed by atoms with Crippen LogP contribution in [0.3, 0.4) is 0 Å². The standard InChI is InChI=1S/C18H20FN3O3/c1-12-15(11-20-25-12)18(24)21-14-6-8-22(9-7-14)17(23)10-13-4-2-3-5-16(13)19/h2-5,11,14H,6-10H2,1H3,(H,21,24). The number of amides is 2. The van der Waals surface area contributed by atoms with Crippen molar-refractivity contribution in [3.8, 4) is 0 Å². The molecule has 0 saturated carbocycles. The lowest BCUT2D eigenvalue weighted by Crippen LogP contribution is -2.47. The van der Waals surface area contributed by atoms with E-state index in [-0.39, 0.29) is 30.1 Å². The molecule has 6 nitrogen and oxygen atoms in total. The van der Waals surface area contributed by atoms with Crippen LogP contribution in [0.1, 0.15) is 34.5 Å². The minimum Gasteiger partial charge on any atom is -0.361 e. The van der Waals surface area contributed by atoms with Crippen LogP contribution in [0, 0.1) is 12.7 Å². The Morgan fingerprint density at radius 2 is 2.04 bits per heavy atom. The maximum absolute atomic E-state index is 13.7. The Labute approximate surface area is 145 Å². The molecule has 2 heterocycles. The molecule has 1 saturated heterocycles. The molecular formula is C18H20FN3O3. The van der Waals surface area contributed by atoms with Crippen molar-refractivity contribution >= 4 is 11.8 Å². The number of hydrogen-bond donors (Lipinski definition) is 1. The van der Waals surface area contributed by atoms with E-state index in [0.717, 1.165) is 0 Å². The largest absolute Gasteiger partial charge is 0.361 e. The summed E-state index contributed by atoms with van der Waals surface area (Å²) in [4.78, 5) is 26.2. The summed E-state index contributed by atoms with van der Waals surface area (Å²) in [6.07, 6.45) is 2.79. The van der Waals surface area contributed by atoms with Crippen molar-refractivity contribution < 1.29 is 18.5 Å². The highest BCUT2D eigenvalue weighted by molar-refractivity contribution is 5.94. The first-order valence-corrected chi connectivity index (χ1v) is 8.28. The molecule has 1 aliphatic heterocycles. The Morgan fingerprint density at radius 3 is 2.68 bits per heavy atom. The van der Waals surface area contributed by atoms with E-state index in [0.29, 0.717) is 42.8 Å². The van der Waals surface area contributed by atoms with Crippen LogP contribution >= 0.6 is 0 Å². The molecule has 2 aromatic rings. The van der Waals surface area contributed by atoms with Crippen molar-refractivity contribution in [1.29, 1.82) is 0 Å². The monoisotopic (exact) mass is 345 g/mol. The van der Waals surface area contributed by atoms with Gasteiger partial charge in [-0.25, -0.2) is 4.39 Å². The average molecular weight is 345 g/mol. The van der Waals surface area contributed by atoms with E-state index < -0.39 is 0 Å². The first kappa shape index (κ1) is 17.1. The van der Waals surface area contributed by atoms with Crippen LogP contribution in [0.2, 0.25) is 0 Å². The summed E-state index contributed by atoms with van der Waals surface area (Å²) in [7, 11) is 0. The molecule has 1 aromatic carbocycles. The molecule has 0 radical (unpaired) electrons. The number of halogens is 1. The Hall–Kier alpha value is -2.70. The second-order valence-electron chi connectivity index (χ2n) is 6.19. The molecule has 25 heavy (non-hydrogen) atoms. The molecule has 0 unspecified atom stereocenters. The third-order valence-corrected chi connectivity index (χ3v) is 4.48. The molecule has 2 amide bonds. The number of carbonyl (C=O) groups excluding carboxylic acids is 2. The van der Waals surface area contributed by atoms with Gasteiger partial charge in [-0.3, -0.25) is 9.59 Å². The van der Waals surface area contributed by atoms with E-state index in [4.69, 9.17) is 4.52 Å². The molecule has 1 fully saturated rings. The van der Waals surface area contributed by atoms with Gasteiger partial charge in [-0.05, 0) is 31.4 Å². The van der Waals surface area contributed by atoms with Crippen molar-refractivity contribution in [2.45, 2.75) is 32.2 Å². The van der Waals surface area contributed by atoms with Gasteiger partial charge >= 0.3 is 0 Å². The SMILES string of the molecule is Cc1oncc1C(=O)NC1CCN(C(=O)Cc2ccccc2F)CC1. The summed E-state index contributed by atoms with van der Waals surface area (Å²) < 4.78 is 18.6. The summed E-state index contributed by atoms with van der Waals surface area (Å²) >= 11 is 0. The zero-order valence-electron chi connectivity index (χ0n) is 14.0. The second kappa shape index (κ2) is 7.46. The fraction of sp³-hybridized carbons (Fsp3) is 0.389. The van der Waals surface area contributed by atoms with Crippen LogP contribution < -0.4 is 5.32 Å². The first-order chi connectivity index (χ1) is 12.0. The summed E-state index contributed by atoms with van der Waals surface area (Å²) in [6.45, 7) is 2.77. The normalized spacial score (nSPS) is 15.2. The Balaban J connectivity index is 1.50. The lowest BCUT2D eigenvalue weighted by Gasteiger charge is -2.32. The molecule has 1 aromatic heterocycles. The van der Waals surface area contributed by atoms with Crippen LogP contribution in [-0.2, 0) is 11.2 Å². The number of piperidine rings is 1. The number of rotatable bonds is 4. The molecule has 0 aliphatic carbocycles. The number of benzene rings is 1. The topological polar surface area (TPSA) is 75.4 Å². The quantitative estimate of drug-likeness (QED) is 0.921. The van der Waals surface area contributed by atoms with Gasteiger partial charge in [0, 0.05) is 19.1 Å². The lowest BCUT2D eigenvalue weighted by atomic mass is 10.0. The van der Waals surface area contributed by atoms with Crippen LogP contribution in [0.15, 0.2) is 35.0 Å². The number of hydrogen-bond acceptors (Lipinski definition) is 4. The van der Waals surface area contributed by atoms with Gasteiger partial charge in [0.1, 0.15) is 17.1 Å². The van der Waals surface area contributed by atoms with Gasteiger partial charge in [-0.1, -0.05) is 23.4 Å². The smallest absolute Gasteiger partial charge is 0.256 e. The molecule has 3 rings (SSSR count). The number of nitrogens with zero attached hydrogens (tertiary/aromatic N) is 2. The zero-order valence-corrected chi connectivity index (χ0v) is 14.0. The van der Waals surface area contributed by atoms with Crippen molar-refractivity contribution in [3.63, 3.8) is 0 Å². The molecule has 0 spiro atoms. The maximum atomic E-state index is 13.7. The van der Waals surface area contributed by atoms with Gasteiger partial charge in [-0.2, -0.15) is 0 Å². The molecule has 0 atom stereocenters. The van der Waals surface area contributed by atoms with Crippen molar-refractivity contribution in [2.75, 3.05) is 13.1 Å². The van der Waals surface area contributed by atoms with Crippen molar-refractivity contribution in [3.05, 3.63) is 53.2 Å². The minimum absolute atomic E-state index is 0.000638. The third-order valence-electron chi connectivity index (χ3n) is 4.48. The average Bonchev–Trinajstić information content (AvgIpc) is 3.03. The first-order valence-electron chi connectivity index (χ1n) is 8.28. The Bertz CT molecular complexity index is 766.